The summed E-state index contributed by atoms with van der Waals surface area (Å²) in [5.74, 6) is -2.50. The molecule has 2 bridgehead atoms. The van der Waals surface area contributed by atoms with E-state index in [2.05, 4.69) is 20.1 Å². The van der Waals surface area contributed by atoms with E-state index in [-0.39, 0.29) is 48.7 Å². The smallest absolute Gasteiger partial charge is 0.311 e. The standard InChI is InChI=1S/C29H37ClN2O5S/c1-7-12-31(24-17(5)10-9-11-19(24)30)27(35)25-29-18(6)14-21(38-29)22(28(36)37-13-8-2)23(29)26(34)32(25)20(15-33)16(3)4/h7-11,16,18,20-23,25,33H,1-2,12-15H2,3-6H3/t18?,20-,21+,22-,23-,25?,29?/m0/s1. The van der Waals surface area contributed by atoms with Crippen molar-refractivity contribution in [2.24, 2.45) is 23.7 Å². The fourth-order valence-corrected chi connectivity index (χ4v) is 9.47. The van der Waals surface area contributed by atoms with E-state index in [1.165, 1.54) is 6.08 Å². The normalized spacial score (nSPS) is 30.3. The SMILES string of the molecule is C=CCOC(=O)[C@@H]1[C@H]2C(=O)N([C@@H](CO)C(C)C)C(C(=O)N(CC=C)c3c(C)cccc3Cl)C23S[C@@H]1CC3C. The summed E-state index contributed by atoms with van der Waals surface area (Å²) in [5.41, 5.74) is 1.39. The third-order valence-corrected chi connectivity index (χ3v) is 10.8. The number of carbonyl (C=O) groups excluding carboxylic acids is 3. The molecule has 1 aromatic rings. The molecule has 0 aliphatic carbocycles. The Bertz CT molecular complexity index is 1120. The number of hydrogen-bond donors (Lipinski definition) is 1. The summed E-state index contributed by atoms with van der Waals surface area (Å²) in [7, 11) is 0. The lowest BCUT2D eigenvalue weighted by molar-refractivity contribution is -0.154. The molecule has 3 aliphatic heterocycles. The fraction of sp³-hybridized carbons (Fsp3) is 0.552. The summed E-state index contributed by atoms with van der Waals surface area (Å²) < 4.78 is 4.61. The monoisotopic (exact) mass is 560 g/mol. The molecule has 4 rings (SSSR count). The predicted octanol–water partition coefficient (Wildman–Crippen LogP) is 4.25. The molecule has 7 atom stereocenters. The van der Waals surface area contributed by atoms with Crippen LogP contribution in [0, 0.1) is 30.6 Å². The van der Waals surface area contributed by atoms with Gasteiger partial charge in [-0.05, 0) is 36.8 Å². The molecule has 3 saturated heterocycles. The van der Waals surface area contributed by atoms with E-state index in [1.54, 1.807) is 33.7 Å². The number of para-hydroxylation sites is 1. The Morgan fingerprint density at radius 2 is 2.05 bits per heavy atom. The number of amides is 2. The van der Waals surface area contributed by atoms with Gasteiger partial charge in [-0.15, -0.1) is 18.3 Å². The second-order valence-electron chi connectivity index (χ2n) is 10.9. The first-order valence-electron chi connectivity index (χ1n) is 13.1. The Morgan fingerprint density at radius 1 is 1.34 bits per heavy atom. The van der Waals surface area contributed by atoms with Crippen LogP contribution in [-0.4, -0.2) is 69.6 Å². The number of likely N-dealkylation sites (tertiary alicyclic amines) is 1. The van der Waals surface area contributed by atoms with Crippen LogP contribution in [0.25, 0.3) is 0 Å². The van der Waals surface area contributed by atoms with Crippen molar-refractivity contribution in [3.8, 4) is 0 Å². The first kappa shape index (κ1) is 28.7. The van der Waals surface area contributed by atoms with Gasteiger partial charge in [0.1, 0.15) is 12.6 Å². The highest BCUT2D eigenvalue weighted by atomic mass is 35.5. The molecular weight excluding hydrogens is 524 g/mol. The van der Waals surface area contributed by atoms with Crippen LogP contribution >= 0.6 is 23.4 Å². The average molecular weight is 561 g/mol. The highest BCUT2D eigenvalue weighted by Crippen LogP contribution is 2.69. The molecule has 0 radical (unpaired) electrons. The van der Waals surface area contributed by atoms with Crippen LogP contribution in [0.4, 0.5) is 5.69 Å². The molecule has 1 aromatic carbocycles. The Balaban J connectivity index is 1.89. The third kappa shape index (κ3) is 4.29. The number of anilines is 1. The molecule has 0 saturated carbocycles. The Morgan fingerprint density at radius 3 is 2.63 bits per heavy atom. The molecule has 2 amide bonds. The van der Waals surface area contributed by atoms with Gasteiger partial charge in [0, 0.05) is 11.8 Å². The van der Waals surface area contributed by atoms with Crippen LogP contribution in [0.1, 0.15) is 32.8 Å². The first-order chi connectivity index (χ1) is 18.1. The van der Waals surface area contributed by atoms with Crippen molar-refractivity contribution in [3.05, 3.63) is 54.1 Å². The second kappa shape index (κ2) is 11.1. The van der Waals surface area contributed by atoms with E-state index in [4.69, 9.17) is 16.3 Å². The summed E-state index contributed by atoms with van der Waals surface area (Å²) in [4.78, 5) is 45.5. The molecule has 0 aromatic heterocycles. The van der Waals surface area contributed by atoms with Gasteiger partial charge < -0.3 is 19.6 Å². The minimum atomic E-state index is -0.891. The minimum Gasteiger partial charge on any atom is -0.461 e. The number of benzene rings is 1. The van der Waals surface area contributed by atoms with Crippen molar-refractivity contribution in [1.82, 2.24) is 4.90 Å². The highest BCUT2D eigenvalue weighted by molar-refractivity contribution is 8.02. The number of aliphatic hydroxyl groups excluding tert-OH is 1. The molecular formula is C29H37ClN2O5S. The molecule has 7 nitrogen and oxygen atoms in total. The zero-order valence-corrected chi connectivity index (χ0v) is 24.0. The summed E-state index contributed by atoms with van der Waals surface area (Å²) in [5, 5.41) is 10.7. The van der Waals surface area contributed by atoms with Crippen molar-refractivity contribution in [3.63, 3.8) is 0 Å². The Hall–Kier alpha value is -2.29. The number of halogens is 1. The summed E-state index contributed by atoms with van der Waals surface area (Å²) >= 11 is 8.20. The summed E-state index contributed by atoms with van der Waals surface area (Å²) in [6.45, 7) is 15.2. The molecule has 3 unspecified atom stereocenters. The zero-order valence-electron chi connectivity index (χ0n) is 22.4. The molecule has 3 aliphatic rings. The number of ether oxygens (including phenoxy) is 1. The topological polar surface area (TPSA) is 87.1 Å². The lowest BCUT2D eigenvalue weighted by atomic mass is 9.66. The number of rotatable bonds is 10. The number of aryl methyl sites for hydroxylation is 1. The maximum absolute atomic E-state index is 14.8. The molecule has 38 heavy (non-hydrogen) atoms. The second-order valence-corrected chi connectivity index (χ2v) is 12.8. The van der Waals surface area contributed by atoms with E-state index in [1.807, 2.05) is 32.9 Å². The average Bonchev–Trinajstić information content (AvgIpc) is 3.46. The summed E-state index contributed by atoms with van der Waals surface area (Å²) in [6.07, 6.45) is 3.84. The van der Waals surface area contributed by atoms with Crippen molar-refractivity contribution in [1.29, 1.82) is 0 Å². The number of aliphatic hydroxyl groups is 1. The Labute approximate surface area is 234 Å². The summed E-state index contributed by atoms with van der Waals surface area (Å²) in [6, 6.07) is 3.97. The van der Waals surface area contributed by atoms with Gasteiger partial charge >= 0.3 is 5.97 Å². The fourth-order valence-electron chi connectivity index (χ4n) is 6.76. The lowest BCUT2D eigenvalue weighted by Crippen LogP contribution is -2.60. The zero-order chi connectivity index (χ0) is 27.9. The minimum absolute atomic E-state index is 0.0155. The number of esters is 1. The van der Waals surface area contributed by atoms with Gasteiger partial charge in [0.25, 0.3) is 5.91 Å². The number of carbonyl (C=O) groups is 3. The number of nitrogens with zero attached hydrogens (tertiary/aromatic N) is 2. The molecule has 3 heterocycles. The van der Waals surface area contributed by atoms with Crippen LogP contribution in [0.2, 0.25) is 5.02 Å². The van der Waals surface area contributed by atoms with Crippen LogP contribution < -0.4 is 4.90 Å². The molecule has 1 N–H and O–H groups in total. The van der Waals surface area contributed by atoms with E-state index in [0.717, 1.165) is 5.56 Å². The number of thioether (sulfide) groups is 1. The maximum atomic E-state index is 14.8. The van der Waals surface area contributed by atoms with E-state index in [0.29, 0.717) is 17.1 Å². The molecule has 3 fully saturated rings. The van der Waals surface area contributed by atoms with Gasteiger partial charge in [-0.3, -0.25) is 14.4 Å². The van der Waals surface area contributed by atoms with E-state index >= 15 is 0 Å². The lowest BCUT2D eigenvalue weighted by Gasteiger charge is -2.43. The van der Waals surface area contributed by atoms with Gasteiger partial charge in [-0.25, -0.2) is 0 Å². The van der Waals surface area contributed by atoms with Gasteiger partial charge in [0.15, 0.2) is 0 Å². The largest absolute Gasteiger partial charge is 0.461 e. The van der Waals surface area contributed by atoms with E-state index < -0.39 is 34.6 Å². The quantitative estimate of drug-likeness (QED) is 0.340. The van der Waals surface area contributed by atoms with Crippen LogP contribution in [0.5, 0.6) is 0 Å². The van der Waals surface area contributed by atoms with Crippen molar-refractivity contribution in [2.75, 3.05) is 24.7 Å². The van der Waals surface area contributed by atoms with Crippen LogP contribution in [0.15, 0.2) is 43.5 Å². The molecule has 1 spiro atoms. The van der Waals surface area contributed by atoms with Gasteiger partial charge in [-0.2, -0.15) is 0 Å². The Kier molecular flexibility index (Phi) is 8.36. The van der Waals surface area contributed by atoms with E-state index in [9.17, 15) is 19.5 Å². The van der Waals surface area contributed by atoms with Gasteiger partial charge in [-0.1, -0.05) is 63.2 Å². The van der Waals surface area contributed by atoms with Gasteiger partial charge in [0.05, 0.1) is 39.9 Å². The van der Waals surface area contributed by atoms with Crippen molar-refractivity contribution < 1.29 is 24.2 Å². The third-order valence-electron chi connectivity index (χ3n) is 8.38. The molecule has 206 valence electrons. The number of fused-ring (bicyclic) bond motifs is 1. The van der Waals surface area contributed by atoms with Crippen molar-refractivity contribution >= 4 is 46.8 Å². The van der Waals surface area contributed by atoms with Crippen molar-refractivity contribution in [2.45, 2.75) is 56.2 Å². The number of hydrogen-bond acceptors (Lipinski definition) is 6. The van der Waals surface area contributed by atoms with Crippen LogP contribution in [-0.2, 0) is 19.1 Å². The van der Waals surface area contributed by atoms with Crippen LogP contribution in [0.3, 0.4) is 0 Å². The molecule has 9 heteroatoms. The predicted molar refractivity (Wildman–Crippen MR) is 151 cm³/mol. The maximum Gasteiger partial charge on any atom is 0.311 e. The highest BCUT2D eigenvalue weighted by Gasteiger charge is 2.77. The first-order valence-corrected chi connectivity index (χ1v) is 14.4. The van der Waals surface area contributed by atoms with Gasteiger partial charge in [0.2, 0.25) is 5.91 Å².